The second-order valence-electron chi connectivity index (χ2n) is 2.67. The molecule has 1 aromatic carbocycles. The van der Waals surface area contributed by atoms with Gasteiger partial charge in [0.2, 0.25) is 0 Å². The van der Waals surface area contributed by atoms with Crippen LogP contribution in [0.5, 0.6) is 0 Å². The van der Waals surface area contributed by atoms with Gasteiger partial charge in [-0.2, -0.15) is 0 Å². The molecule has 0 fully saturated rings. The maximum atomic E-state index is 11.9. The van der Waals surface area contributed by atoms with Crippen LogP contribution in [0.1, 0.15) is 0 Å². The molecule has 5 heteroatoms. The van der Waals surface area contributed by atoms with E-state index in [0.717, 1.165) is 4.90 Å². The standard InChI is InChI=1S/C10H13O3PS/c1-9(14(11,12-2)13-3)15-10-7-5-4-6-8-10/h4-8H,1H2,2-3H3. The zero-order valence-electron chi connectivity index (χ0n) is 8.67. The van der Waals surface area contributed by atoms with E-state index in [4.69, 9.17) is 9.05 Å². The molecule has 0 unspecified atom stereocenters. The van der Waals surface area contributed by atoms with Gasteiger partial charge in [0.05, 0.1) is 4.65 Å². The third kappa shape index (κ3) is 3.21. The molecule has 0 saturated heterocycles. The molecule has 0 bridgehead atoms. The quantitative estimate of drug-likeness (QED) is 0.584. The smallest absolute Gasteiger partial charge is 0.308 e. The third-order valence-corrected chi connectivity index (χ3v) is 5.03. The largest absolute Gasteiger partial charge is 0.366 e. The van der Waals surface area contributed by atoms with Crippen LogP contribution in [0, 0.1) is 0 Å². The van der Waals surface area contributed by atoms with Gasteiger partial charge in [-0.3, -0.25) is 4.57 Å². The van der Waals surface area contributed by atoms with Gasteiger partial charge in [0.15, 0.2) is 0 Å². The van der Waals surface area contributed by atoms with Gasteiger partial charge < -0.3 is 9.05 Å². The van der Waals surface area contributed by atoms with Crippen molar-refractivity contribution in [1.82, 2.24) is 0 Å². The SMILES string of the molecule is C=C(Sc1ccccc1)P(=O)(OC)OC. The van der Waals surface area contributed by atoms with Gasteiger partial charge in [-0.05, 0) is 12.1 Å². The third-order valence-electron chi connectivity index (χ3n) is 1.77. The van der Waals surface area contributed by atoms with Gasteiger partial charge in [0.1, 0.15) is 0 Å². The normalized spacial score (nSPS) is 11.3. The van der Waals surface area contributed by atoms with Crippen LogP contribution in [0.25, 0.3) is 0 Å². The molecule has 0 heterocycles. The molecular weight excluding hydrogens is 231 g/mol. The predicted octanol–water partition coefficient (Wildman–Crippen LogP) is 3.74. The minimum atomic E-state index is -3.17. The summed E-state index contributed by atoms with van der Waals surface area (Å²) in [6.07, 6.45) is 0. The Balaban J connectivity index is 2.76. The van der Waals surface area contributed by atoms with Crippen molar-refractivity contribution in [2.75, 3.05) is 14.2 Å². The van der Waals surface area contributed by atoms with Crippen LogP contribution in [-0.2, 0) is 13.6 Å². The molecule has 82 valence electrons. The Morgan fingerprint density at radius 2 is 1.80 bits per heavy atom. The summed E-state index contributed by atoms with van der Waals surface area (Å²) in [7, 11) is -0.473. The number of hydrogen-bond donors (Lipinski definition) is 0. The summed E-state index contributed by atoms with van der Waals surface area (Å²) >= 11 is 1.29. The average Bonchev–Trinajstić information content (AvgIpc) is 2.29. The first-order valence-electron chi connectivity index (χ1n) is 4.26. The zero-order chi connectivity index (χ0) is 11.3. The highest BCUT2D eigenvalue weighted by Crippen LogP contribution is 2.59. The molecule has 3 nitrogen and oxygen atoms in total. The fourth-order valence-corrected chi connectivity index (χ4v) is 3.29. The first-order chi connectivity index (χ1) is 7.12. The Labute approximate surface area is 94.0 Å². The Morgan fingerprint density at radius 1 is 1.27 bits per heavy atom. The first-order valence-corrected chi connectivity index (χ1v) is 6.62. The van der Waals surface area contributed by atoms with Crippen LogP contribution in [0.15, 0.2) is 46.5 Å². The minimum Gasteiger partial charge on any atom is -0.308 e. The van der Waals surface area contributed by atoms with Crippen molar-refractivity contribution in [1.29, 1.82) is 0 Å². The van der Waals surface area contributed by atoms with Crippen molar-refractivity contribution in [2.45, 2.75) is 4.90 Å². The van der Waals surface area contributed by atoms with Crippen molar-refractivity contribution in [3.8, 4) is 0 Å². The Morgan fingerprint density at radius 3 is 2.27 bits per heavy atom. The van der Waals surface area contributed by atoms with Crippen molar-refractivity contribution < 1.29 is 13.6 Å². The lowest BCUT2D eigenvalue weighted by atomic mass is 10.4. The second-order valence-corrected chi connectivity index (χ2v) is 6.41. The molecule has 0 N–H and O–H groups in total. The summed E-state index contributed by atoms with van der Waals surface area (Å²) in [6, 6.07) is 9.54. The van der Waals surface area contributed by atoms with Crippen LogP contribution in [-0.4, -0.2) is 14.2 Å². The predicted molar refractivity (Wildman–Crippen MR) is 63.1 cm³/mol. The van der Waals surface area contributed by atoms with Gasteiger partial charge in [-0.15, -0.1) is 0 Å². The molecule has 0 saturated carbocycles. The molecule has 0 aromatic heterocycles. The molecule has 0 aliphatic carbocycles. The van der Waals surface area contributed by atoms with E-state index in [0.29, 0.717) is 4.65 Å². The summed E-state index contributed by atoms with van der Waals surface area (Å²) in [5, 5.41) is 0. The van der Waals surface area contributed by atoms with Gasteiger partial charge in [-0.25, -0.2) is 0 Å². The highest BCUT2D eigenvalue weighted by atomic mass is 32.2. The summed E-state index contributed by atoms with van der Waals surface area (Å²) in [5.74, 6) is 0. The van der Waals surface area contributed by atoms with E-state index in [-0.39, 0.29) is 0 Å². The average molecular weight is 244 g/mol. The maximum absolute atomic E-state index is 11.9. The fourth-order valence-electron chi connectivity index (χ4n) is 0.959. The van der Waals surface area contributed by atoms with Crippen LogP contribution < -0.4 is 0 Å². The monoisotopic (exact) mass is 244 g/mol. The van der Waals surface area contributed by atoms with Crippen LogP contribution >= 0.6 is 19.4 Å². The lowest BCUT2D eigenvalue weighted by molar-refractivity contribution is 0.285. The molecule has 0 amide bonds. The highest BCUT2D eigenvalue weighted by Gasteiger charge is 2.26. The van der Waals surface area contributed by atoms with E-state index < -0.39 is 7.60 Å². The summed E-state index contributed by atoms with van der Waals surface area (Å²) in [6.45, 7) is 3.71. The second kappa shape index (κ2) is 5.52. The van der Waals surface area contributed by atoms with E-state index >= 15 is 0 Å². The van der Waals surface area contributed by atoms with E-state index in [1.165, 1.54) is 26.0 Å². The topological polar surface area (TPSA) is 35.5 Å². The fraction of sp³-hybridized carbons (Fsp3) is 0.200. The van der Waals surface area contributed by atoms with Crippen molar-refractivity contribution in [2.24, 2.45) is 0 Å². The molecule has 0 aliphatic heterocycles. The summed E-state index contributed by atoms with van der Waals surface area (Å²) in [4.78, 5) is 0.955. The molecular formula is C10H13O3PS. The van der Waals surface area contributed by atoms with Crippen LogP contribution in [0.3, 0.4) is 0 Å². The Hall–Kier alpha value is -0.540. The lowest BCUT2D eigenvalue weighted by Crippen LogP contribution is -1.88. The highest BCUT2D eigenvalue weighted by molar-refractivity contribution is 8.10. The van der Waals surface area contributed by atoms with E-state index in [1.807, 2.05) is 30.3 Å². The molecule has 0 atom stereocenters. The number of rotatable bonds is 5. The van der Waals surface area contributed by atoms with E-state index in [2.05, 4.69) is 6.58 Å². The van der Waals surface area contributed by atoms with Gasteiger partial charge in [-0.1, -0.05) is 36.5 Å². The first kappa shape index (κ1) is 12.5. The Kier molecular flexibility index (Phi) is 4.61. The molecule has 0 spiro atoms. The van der Waals surface area contributed by atoms with Gasteiger partial charge in [0.25, 0.3) is 0 Å². The zero-order valence-corrected chi connectivity index (χ0v) is 10.4. The van der Waals surface area contributed by atoms with Crippen molar-refractivity contribution >= 4 is 19.4 Å². The summed E-state index contributed by atoms with van der Waals surface area (Å²) in [5.41, 5.74) is 0. The molecule has 1 rings (SSSR count). The van der Waals surface area contributed by atoms with Crippen molar-refractivity contribution in [3.05, 3.63) is 41.6 Å². The number of hydrogen-bond acceptors (Lipinski definition) is 4. The lowest BCUT2D eigenvalue weighted by Gasteiger charge is -2.15. The van der Waals surface area contributed by atoms with Gasteiger partial charge in [0, 0.05) is 19.1 Å². The minimum absolute atomic E-state index is 0.388. The number of benzene rings is 1. The van der Waals surface area contributed by atoms with Crippen LogP contribution in [0.4, 0.5) is 0 Å². The van der Waals surface area contributed by atoms with Gasteiger partial charge >= 0.3 is 7.60 Å². The van der Waals surface area contributed by atoms with Crippen LogP contribution in [0.2, 0.25) is 0 Å². The maximum Gasteiger partial charge on any atom is 0.366 e. The molecule has 1 aromatic rings. The van der Waals surface area contributed by atoms with E-state index in [9.17, 15) is 4.57 Å². The molecule has 0 aliphatic rings. The van der Waals surface area contributed by atoms with E-state index in [1.54, 1.807) is 0 Å². The number of thioether (sulfide) groups is 1. The molecule has 0 radical (unpaired) electrons. The van der Waals surface area contributed by atoms with Crippen molar-refractivity contribution in [3.63, 3.8) is 0 Å². The Bertz CT molecular complexity index is 370. The summed E-state index contributed by atoms with van der Waals surface area (Å²) < 4.78 is 21.9. The molecule has 15 heavy (non-hydrogen) atoms.